The second-order valence-electron chi connectivity index (χ2n) is 3.82. The molecule has 1 N–H and O–H groups in total. The van der Waals surface area contributed by atoms with Crippen LogP contribution >= 0.6 is 11.6 Å². The van der Waals surface area contributed by atoms with Crippen LogP contribution in [0.4, 0.5) is 0 Å². The van der Waals surface area contributed by atoms with Crippen molar-refractivity contribution in [1.82, 2.24) is 10.2 Å². The van der Waals surface area contributed by atoms with Crippen LogP contribution in [0.25, 0.3) is 0 Å². The predicted octanol–water partition coefficient (Wildman–Crippen LogP) is 1.73. The van der Waals surface area contributed by atoms with E-state index in [0.29, 0.717) is 5.16 Å². The fraction of sp³-hybridized carbons (Fsp3) is 0.364. The van der Waals surface area contributed by atoms with Crippen molar-refractivity contribution in [2.75, 3.05) is 13.6 Å². The van der Waals surface area contributed by atoms with Gasteiger partial charge in [0.15, 0.2) is 0 Å². The molecular formula is C11H13ClN2O. The number of allylic oxidation sites excluding steroid dienone is 1. The molecule has 0 fully saturated rings. The van der Waals surface area contributed by atoms with Crippen molar-refractivity contribution >= 4 is 17.5 Å². The topological polar surface area (TPSA) is 32.3 Å². The molecule has 0 bridgehead atoms. The quantitative estimate of drug-likeness (QED) is 0.636. The minimum absolute atomic E-state index is 0.101. The predicted molar refractivity (Wildman–Crippen MR) is 60.1 cm³/mol. The van der Waals surface area contributed by atoms with Crippen LogP contribution in [-0.2, 0) is 4.79 Å². The van der Waals surface area contributed by atoms with Gasteiger partial charge in [-0.15, -0.1) is 0 Å². The Morgan fingerprint density at radius 3 is 3.07 bits per heavy atom. The number of hydrogen-bond donors (Lipinski definition) is 1. The van der Waals surface area contributed by atoms with Crippen molar-refractivity contribution in [3.8, 4) is 0 Å². The van der Waals surface area contributed by atoms with Gasteiger partial charge in [-0.1, -0.05) is 18.2 Å². The molecule has 0 radical (unpaired) electrons. The average molecular weight is 225 g/mol. The number of carbonyl (C=O) groups is 1. The lowest BCUT2D eigenvalue weighted by Gasteiger charge is -2.29. The Morgan fingerprint density at radius 2 is 2.33 bits per heavy atom. The monoisotopic (exact) mass is 224 g/mol. The van der Waals surface area contributed by atoms with Crippen LogP contribution in [0.5, 0.6) is 0 Å². The highest BCUT2D eigenvalue weighted by molar-refractivity contribution is 6.31. The van der Waals surface area contributed by atoms with E-state index in [1.807, 2.05) is 7.05 Å². The van der Waals surface area contributed by atoms with Crippen molar-refractivity contribution < 1.29 is 4.79 Å². The van der Waals surface area contributed by atoms with Gasteiger partial charge in [-0.25, -0.2) is 0 Å². The molecular weight excluding hydrogens is 212 g/mol. The Balaban J connectivity index is 2.50. The van der Waals surface area contributed by atoms with Crippen molar-refractivity contribution in [1.29, 1.82) is 0 Å². The summed E-state index contributed by atoms with van der Waals surface area (Å²) in [7, 11) is 1.97. The first kappa shape index (κ1) is 10.3. The van der Waals surface area contributed by atoms with Gasteiger partial charge in [-0.2, -0.15) is 0 Å². The summed E-state index contributed by atoms with van der Waals surface area (Å²) in [6.07, 6.45) is 3.49. The number of rotatable bonds is 0. The number of carbonyl (C=O) groups excluding carboxylic acids is 1. The minimum atomic E-state index is -0.101. The first-order valence-electron chi connectivity index (χ1n) is 4.91. The zero-order valence-corrected chi connectivity index (χ0v) is 9.40. The highest BCUT2D eigenvalue weighted by Gasteiger charge is 2.26. The Bertz CT molecular complexity index is 395. The van der Waals surface area contributed by atoms with Crippen LogP contribution < -0.4 is 5.32 Å². The highest BCUT2D eigenvalue weighted by atomic mass is 35.5. The third-order valence-corrected chi connectivity index (χ3v) is 2.90. The summed E-state index contributed by atoms with van der Waals surface area (Å²) < 4.78 is 0. The molecule has 0 saturated carbocycles. The van der Waals surface area contributed by atoms with E-state index in [2.05, 4.69) is 16.8 Å². The molecule has 2 heterocycles. The van der Waals surface area contributed by atoms with Gasteiger partial charge in [0.2, 0.25) is 0 Å². The largest absolute Gasteiger partial charge is 0.374 e. The van der Waals surface area contributed by atoms with E-state index in [4.69, 9.17) is 11.6 Å². The number of nitrogens with zero attached hydrogens (tertiary/aromatic N) is 1. The molecule has 0 aromatic carbocycles. The molecule has 0 atom stereocenters. The van der Waals surface area contributed by atoms with Crippen molar-refractivity contribution in [3.63, 3.8) is 0 Å². The molecule has 4 heteroatoms. The van der Waals surface area contributed by atoms with Gasteiger partial charge in [0.25, 0.3) is 5.91 Å². The van der Waals surface area contributed by atoms with E-state index in [0.717, 1.165) is 36.2 Å². The lowest BCUT2D eigenvalue weighted by molar-refractivity contribution is -0.117. The van der Waals surface area contributed by atoms with Gasteiger partial charge in [0, 0.05) is 19.2 Å². The molecule has 2 rings (SSSR count). The maximum Gasteiger partial charge on any atom is 0.254 e. The summed E-state index contributed by atoms with van der Waals surface area (Å²) in [4.78, 5) is 13.9. The number of amides is 1. The molecule has 2 aliphatic rings. The van der Waals surface area contributed by atoms with Crippen molar-refractivity contribution in [2.24, 2.45) is 0 Å². The lowest BCUT2D eigenvalue weighted by atomic mass is 9.98. The van der Waals surface area contributed by atoms with Crippen LogP contribution in [0.1, 0.15) is 12.8 Å². The molecule has 0 spiro atoms. The van der Waals surface area contributed by atoms with Crippen molar-refractivity contribution in [3.05, 3.63) is 34.7 Å². The Kier molecular flexibility index (Phi) is 2.57. The summed E-state index contributed by atoms with van der Waals surface area (Å²) >= 11 is 5.85. The Labute approximate surface area is 94.1 Å². The Morgan fingerprint density at radius 1 is 1.60 bits per heavy atom. The normalized spacial score (nSPS) is 22.0. The molecule has 3 nitrogen and oxygen atoms in total. The fourth-order valence-electron chi connectivity index (χ4n) is 2.05. The fourth-order valence-corrected chi connectivity index (χ4v) is 2.27. The number of halogens is 1. The van der Waals surface area contributed by atoms with Gasteiger partial charge in [-0.05, 0) is 24.5 Å². The zero-order valence-electron chi connectivity index (χ0n) is 8.64. The molecule has 0 aromatic heterocycles. The molecule has 0 unspecified atom stereocenters. The SMILES string of the molecule is C=C1C=C(Cl)NC(=O)C2=C1N(C)CCC2. The average Bonchev–Trinajstić information content (AvgIpc) is 2.25. The molecule has 0 saturated heterocycles. The molecule has 15 heavy (non-hydrogen) atoms. The first-order valence-corrected chi connectivity index (χ1v) is 5.29. The third kappa shape index (κ3) is 1.79. The van der Waals surface area contributed by atoms with Gasteiger partial charge < -0.3 is 10.2 Å². The smallest absolute Gasteiger partial charge is 0.254 e. The zero-order chi connectivity index (χ0) is 11.0. The minimum Gasteiger partial charge on any atom is -0.374 e. The lowest BCUT2D eigenvalue weighted by Crippen LogP contribution is -2.30. The molecule has 80 valence electrons. The maximum absolute atomic E-state index is 11.8. The summed E-state index contributed by atoms with van der Waals surface area (Å²) in [6.45, 7) is 4.90. The second-order valence-corrected chi connectivity index (χ2v) is 4.23. The Hall–Kier alpha value is -1.22. The number of nitrogens with one attached hydrogen (secondary N) is 1. The van der Waals surface area contributed by atoms with Gasteiger partial charge >= 0.3 is 0 Å². The molecule has 0 aromatic rings. The number of hydrogen-bond acceptors (Lipinski definition) is 2. The van der Waals surface area contributed by atoms with Crippen LogP contribution in [0.3, 0.4) is 0 Å². The van der Waals surface area contributed by atoms with Gasteiger partial charge in [-0.3, -0.25) is 4.79 Å². The van der Waals surface area contributed by atoms with Crippen LogP contribution in [0.15, 0.2) is 34.7 Å². The second kappa shape index (κ2) is 3.74. The molecule has 2 aliphatic heterocycles. The van der Waals surface area contributed by atoms with E-state index in [1.54, 1.807) is 6.08 Å². The number of likely N-dealkylation sites (N-methyl/N-ethyl adjacent to an activating group) is 1. The van der Waals surface area contributed by atoms with E-state index >= 15 is 0 Å². The summed E-state index contributed by atoms with van der Waals surface area (Å²) in [5.41, 5.74) is 2.52. The standard InChI is InChI=1S/C11H13ClN2O/c1-7-6-9(12)13-11(15)8-4-3-5-14(2)10(7)8/h6H,1,3-5H2,2H3,(H,13,15). The van der Waals surface area contributed by atoms with Crippen LogP contribution in [0.2, 0.25) is 0 Å². The van der Waals surface area contributed by atoms with Crippen LogP contribution in [-0.4, -0.2) is 24.4 Å². The summed E-state index contributed by atoms with van der Waals surface area (Å²) in [5.74, 6) is -0.101. The highest BCUT2D eigenvalue weighted by Crippen LogP contribution is 2.29. The molecule has 0 aliphatic carbocycles. The van der Waals surface area contributed by atoms with E-state index < -0.39 is 0 Å². The van der Waals surface area contributed by atoms with Crippen LogP contribution in [0, 0.1) is 0 Å². The van der Waals surface area contributed by atoms with E-state index in [1.165, 1.54) is 0 Å². The van der Waals surface area contributed by atoms with Crippen molar-refractivity contribution in [2.45, 2.75) is 12.8 Å². The van der Waals surface area contributed by atoms with E-state index in [9.17, 15) is 4.79 Å². The van der Waals surface area contributed by atoms with Gasteiger partial charge in [0.1, 0.15) is 5.16 Å². The summed E-state index contributed by atoms with van der Waals surface area (Å²) in [6, 6.07) is 0. The first-order chi connectivity index (χ1) is 7.09. The third-order valence-electron chi connectivity index (χ3n) is 2.70. The summed E-state index contributed by atoms with van der Waals surface area (Å²) in [5, 5.41) is 2.97. The van der Waals surface area contributed by atoms with Gasteiger partial charge in [0.05, 0.1) is 5.70 Å². The maximum atomic E-state index is 11.8. The van der Waals surface area contributed by atoms with E-state index in [-0.39, 0.29) is 5.91 Å². The molecule has 1 amide bonds.